The number of carbonyl (C=O) groups excluding carboxylic acids is 1. The second kappa shape index (κ2) is 7.72. The molecular formula is C17H23NO2. The van der Waals surface area contributed by atoms with Crippen LogP contribution in [0.3, 0.4) is 0 Å². The van der Waals surface area contributed by atoms with Gasteiger partial charge in [0.05, 0.1) is 0 Å². The van der Waals surface area contributed by atoms with Crippen LogP contribution in [0.15, 0.2) is 18.2 Å². The third kappa shape index (κ3) is 5.07. The van der Waals surface area contributed by atoms with Crippen molar-refractivity contribution in [1.82, 2.24) is 4.90 Å². The molecule has 0 aliphatic heterocycles. The third-order valence-electron chi connectivity index (χ3n) is 3.02. The Kier molecular flexibility index (Phi) is 6.27. The smallest absolute Gasteiger partial charge is 0.253 e. The molecule has 0 heterocycles. The Morgan fingerprint density at radius 2 is 2.05 bits per heavy atom. The van der Waals surface area contributed by atoms with Crippen molar-refractivity contribution in [2.24, 2.45) is 5.92 Å². The van der Waals surface area contributed by atoms with Crippen LogP contribution in [0.2, 0.25) is 0 Å². The number of carbonyl (C=O) groups is 1. The minimum Gasteiger partial charge on any atom is -0.384 e. The summed E-state index contributed by atoms with van der Waals surface area (Å²) in [5.74, 6) is 6.05. The number of rotatable bonds is 4. The molecule has 20 heavy (non-hydrogen) atoms. The summed E-state index contributed by atoms with van der Waals surface area (Å²) >= 11 is 0. The number of hydrogen-bond acceptors (Lipinski definition) is 2. The van der Waals surface area contributed by atoms with E-state index in [-0.39, 0.29) is 12.5 Å². The fourth-order valence-corrected chi connectivity index (χ4v) is 1.89. The molecule has 0 aromatic heterocycles. The van der Waals surface area contributed by atoms with Gasteiger partial charge < -0.3 is 10.0 Å². The molecular weight excluding hydrogens is 250 g/mol. The Bertz CT molecular complexity index is 524. The van der Waals surface area contributed by atoms with Gasteiger partial charge in [-0.05, 0) is 43.0 Å². The normalized spacial score (nSPS) is 10.1. The topological polar surface area (TPSA) is 40.5 Å². The van der Waals surface area contributed by atoms with E-state index in [0.717, 1.165) is 24.1 Å². The van der Waals surface area contributed by atoms with Crippen LogP contribution in [0.4, 0.5) is 0 Å². The predicted molar refractivity (Wildman–Crippen MR) is 81.6 cm³/mol. The summed E-state index contributed by atoms with van der Waals surface area (Å²) < 4.78 is 0. The lowest BCUT2D eigenvalue weighted by atomic mass is 10.1. The van der Waals surface area contributed by atoms with Crippen molar-refractivity contribution in [2.75, 3.05) is 20.2 Å². The van der Waals surface area contributed by atoms with Gasteiger partial charge >= 0.3 is 0 Å². The zero-order valence-electron chi connectivity index (χ0n) is 12.7. The third-order valence-corrected chi connectivity index (χ3v) is 3.02. The Labute approximate surface area is 121 Å². The summed E-state index contributed by atoms with van der Waals surface area (Å²) in [7, 11) is 1.83. The van der Waals surface area contributed by atoms with E-state index in [1.54, 1.807) is 11.0 Å². The van der Waals surface area contributed by atoms with Gasteiger partial charge in [-0.15, -0.1) is 0 Å². The van der Waals surface area contributed by atoms with Gasteiger partial charge in [-0.1, -0.05) is 25.7 Å². The molecule has 3 heteroatoms. The second-order valence-corrected chi connectivity index (χ2v) is 5.46. The van der Waals surface area contributed by atoms with Gasteiger partial charge in [0.1, 0.15) is 6.61 Å². The van der Waals surface area contributed by atoms with Crippen LogP contribution >= 0.6 is 0 Å². The Morgan fingerprint density at radius 1 is 1.35 bits per heavy atom. The van der Waals surface area contributed by atoms with E-state index >= 15 is 0 Å². The summed E-state index contributed by atoms with van der Waals surface area (Å²) in [6.45, 7) is 6.81. The summed E-state index contributed by atoms with van der Waals surface area (Å²) in [6.07, 6.45) is 0.991. The first-order valence-corrected chi connectivity index (χ1v) is 6.91. The molecule has 1 rings (SSSR count). The lowest BCUT2D eigenvalue weighted by Gasteiger charge is -2.18. The first kappa shape index (κ1) is 16.3. The van der Waals surface area contributed by atoms with Gasteiger partial charge in [0.15, 0.2) is 0 Å². The highest BCUT2D eigenvalue weighted by Crippen LogP contribution is 2.12. The summed E-state index contributed by atoms with van der Waals surface area (Å²) in [5, 5.41) is 8.74. The van der Waals surface area contributed by atoms with E-state index in [0.29, 0.717) is 11.5 Å². The van der Waals surface area contributed by atoms with E-state index in [1.807, 2.05) is 26.1 Å². The molecule has 1 amide bonds. The molecule has 0 atom stereocenters. The van der Waals surface area contributed by atoms with Crippen LogP contribution in [0.1, 0.15) is 41.8 Å². The minimum absolute atomic E-state index is 0.0152. The minimum atomic E-state index is -0.175. The van der Waals surface area contributed by atoms with Crippen LogP contribution in [0.25, 0.3) is 0 Å². The van der Waals surface area contributed by atoms with E-state index < -0.39 is 0 Å². The lowest BCUT2D eigenvalue weighted by Crippen LogP contribution is -2.28. The van der Waals surface area contributed by atoms with Crippen LogP contribution in [0.5, 0.6) is 0 Å². The Hall–Kier alpha value is -1.79. The molecule has 3 nitrogen and oxygen atoms in total. The number of aryl methyl sites for hydroxylation is 1. The van der Waals surface area contributed by atoms with Gasteiger partial charge in [0.2, 0.25) is 0 Å². The van der Waals surface area contributed by atoms with Gasteiger partial charge in [0, 0.05) is 24.7 Å². The lowest BCUT2D eigenvalue weighted by molar-refractivity contribution is 0.0789. The standard InChI is InChI=1S/C17H23NO2/c1-13(2)7-8-18(4)17(20)16-11-14(3)10-15(12-16)6-5-9-19/h10-13,19H,7-9H2,1-4H3. The zero-order valence-corrected chi connectivity index (χ0v) is 12.7. The summed E-state index contributed by atoms with van der Waals surface area (Å²) in [4.78, 5) is 14.1. The van der Waals surface area contributed by atoms with Crippen molar-refractivity contribution in [1.29, 1.82) is 0 Å². The van der Waals surface area contributed by atoms with Gasteiger partial charge in [-0.3, -0.25) is 4.79 Å². The van der Waals surface area contributed by atoms with Crippen molar-refractivity contribution in [2.45, 2.75) is 27.2 Å². The monoisotopic (exact) mass is 273 g/mol. The van der Waals surface area contributed by atoms with Crippen molar-refractivity contribution in [3.8, 4) is 11.8 Å². The number of amides is 1. The highest BCUT2D eigenvalue weighted by atomic mass is 16.2. The average Bonchev–Trinajstić information content (AvgIpc) is 2.41. The van der Waals surface area contributed by atoms with Gasteiger partial charge in [0.25, 0.3) is 5.91 Å². The van der Waals surface area contributed by atoms with Crippen molar-refractivity contribution in [3.05, 3.63) is 34.9 Å². The maximum Gasteiger partial charge on any atom is 0.253 e. The molecule has 1 aromatic rings. The fourth-order valence-electron chi connectivity index (χ4n) is 1.89. The zero-order chi connectivity index (χ0) is 15.1. The number of hydrogen-bond donors (Lipinski definition) is 1. The number of nitrogens with zero attached hydrogens (tertiary/aromatic N) is 1. The first-order chi connectivity index (χ1) is 9.43. The summed E-state index contributed by atoms with van der Waals surface area (Å²) in [5.41, 5.74) is 2.41. The van der Waals surface area contributed by atoms with Gasteiger partial charge in [-0.25, -0.2) is 0 Å². The van der Waals surface area contributed by atoms with Crippen LogP contribution in [-0.4, -0.2) is 36.1 Å². The highest BCUT2D eigenvalue weighted by Gasteiger charge is 2.12. The molecule has 0 aliphatic rings. The Balaban J connectivity index is 2.89. The Morgan fingerprint density at radius 3 is 2.65 bits per heavy atom. The molecule has 0 saturated heterocycles. The van der Waals surface area contributed by atoms with Crippen molar-refractivity contribution < 1.29 is 9.90 Å². The number of aliphatic hydroxyl groups is 1. The quantitative estimate of drug-likeness (QED) is 0.856. The molecule has 1 N–H and O–H groups in total. The predicted octanol–water partition coefficient (Wildman–Crippen LogP) is 2.46. The average molecular weight is 273 g/mol. The maximum atomic E-state index is 12.4. The SMILES string of the molecule is Cc1cc(C#CCO)cc(C(=O)N(C)CCC(C)C)c1. The van der Waals surface area contributed by atoms with E-state index in [2.05, 4.69) is 25.7 Å². The van der Waals surface area contributed by atoms with Crippen LogP contribution < -0.4 is 0 Å². The van der Waals surface area contributed by atoms with E-state index in [1.165, 1.54) is 0 Å². The molecule has 0 unspecified atom stereocenters. The highest BCUT2D eigenvalue weighted by molar-refractivity contribution is 5.94. The molecule has 1 aromatic carbocycles. The van der Waals surface area contributed by atoms with E-state index in [4.69, 9.17) is 5.11 Å². The first-order valence-electron chi connectivity index (χ1n) is 6.91. The number of benzene rings is 1. The fraction of sp³-hybridized carbons (Fsp3) is 0.471. The summed E-state index contributed by atoms with van der Waals surface area (Å²) in [6, 6.07) is 5.57. The van der Waals surface area contributed by atoms with Crippen molar-refractivity contribution >= 4 is 5.91 Å². The van der Waals surface area contributed by atoms with E-state index in [9.17, 15) is 4.79 Å². The second-order valence-electron chi connectivity index (χ2n) is 5.46. The van der Waals surface area contributed by atoms with Gasteiger partial charge in [-0.2, -0.15) is 0 Å². The molecule has 0 bridgehead atoms. The maximum absolute atomic E-state index is 12.4. The van der Waals surface area contributed by atoms with Crippen LogP contribution in [-0.2, 0) is 0 Å². The molecule has 0 fully saturated rings. The molecule has 0 spiro atoms. The molecule has 108 valence electrons. The number of aliphatic hydroxyl groups excluding tert-OH is 1. The van der Waals surface area contributed by atoms with Crippen LogP contribution in [0, 0.1) is 24.7 Å². The largest absolute Gasteiger partial charge is 0.384 e. The molecule has 0 saturated carbocycles. The molecule has 0 aliphatic carbocycles. The van der Waals surface area contributed by atoms with Crippen molar-refractivity contribution in [3.63, 3.8) is 0 Å². The molecule has 0 radical (unpaired) electrons.